The Morgan fingerprint density at radius 1 is 1.64 bits per heavy atom. The largest absolute Gasteiger partial charge is 0.462 e. The van der Waals surface area contributed by atoms with Crippen molar-refractivity contribution in [2.75, 3.05) is 7.11 Å². The molecule has 0 unspecified atom stereocenters. The smallest absolute Gasteiger partial charge is 0.396 e. The molecule has 1 amide bonds. The molecule has 0 spiro atoms. The second-order valence-electron chi connectivity index (χ2n) is 2.66. The van der Waals surface area contributed by atoms with Crippen molar-refractivity contribution in [1.82, 2.24) is 15.1 Å². The minimum absolute atomic E-state index is 0.217. The zero-order chi connectivity index (χ0) is 10.6. The van der Waals surface area contributed by atoms with Crippen LogP contribution >= 0.6 is 0 Å². The fourth-order valence-electron chi connectivity index (χ4n) is 0.893. The molecule has 0 aliphatic rings. The zero-order valence-corrected chi connectivity index (χ0v) is 7.98. The van der Waals surface area contributed by atoms with E-state index in [-0.39, 0.29) is 6.54 Å². The van der Waals surface area contributed by atoms with Crippen LogP contribution in [0.3, 0.4) is 0 Å². The summed E-state index contributed by atoms with van der Waals surface area (Å²) < 4.78 is 5.84. The average Bonchev–Trinajstić information content (AvgIpc) is 2.59. The highest BCUT2D eigenvalue weighted by Crippen LogP contribution is 1.92. The maximum absolute atomic E-state index is 10.9. The topological polar surface area (TPSA) is 73.2 Å². The molecular formula is C8H11N3O3. The van der Waals surface area contributed by atoms with Gasteiger partial charge in [0, 0.05) is 13.2 Å². The molecule has 0 bridgehead atoms. The van der Waals surface area contributed by atoms with Crippen molar-refractivity contribution in [3.8, 4) is 0 Å². The normalized spacial score (nSPS) is 9.57. The molecule has 0 fully saturated rings. The standard InChI is InChI=1S/C8H11N3O3/c1-11-4-3-6(10-11)5-9-7(12)8(13)14-2/h3-4H,5H2,1-2H3,(H,9,12). The number of carbonyl (C=O) groups is 2. The van der Waals surface area contributed by atoms with Gasteiger partial charge in [0.05, 0.1) is 19.3 Å². The summed E-state index contributed by atoms with van der Waals surface area (Å²) in [5, 5.41) is 6.39. The van der Waals surface area contributed by atoms with E-state index in [4.69, 9.17) is 0 Å². The summed E-state index contributed by atoms with van der Waals surface area (Å²) in [5.74, 6) is -1.67. The van der Waals surface area contributed by atoms with E-state index in [0.717, 1.165) is 7.11 Å². The van der Waals surface area contributed by atoms with Gasteiger partial charge in [-0.05, 0) is 6.07 Å². The second kappa shape index (κ2) is 4.40. The number of hydrogen-bond donors (Lipinski definition) is 1. The quantitative estimate of drug-likeness (QED) is 0.498. The molecule has 1 N–H and O–H groups in total. The van der Waals surface area contributed by atoms with Crippen LogP contribution in [0.15, 0.2) is 12.3 Å². The molecule has 0 aromatic carbocycles. The molecule has 1 rings (SSSR count). The summed E-state index contributed by atoms with van der Waals surface area (Å²) in [6.07, 6.45) is 1.75. The summed E-state index contributed by atoms with van der Waals surface area (Å²) in [6, 6.07) is 1.75. The van der Waals surface area contributed by atoms with Gasteiger partial charge in [-0.2, -0.15) is 5.10 Å². The molecule has 0 aliphatic heterocycles. The molecule has 0 aliphatic carbocycles. The van der Waals surface area contributed by atoms with Crippen LogP contribution in [-0.4, -0.2) is 28.8 Å². The first-order valence-electron chi connectivity index (χ1n) is 3.98. The van der Waals surface area contributed by atoms with Gasteiger partial charge in [0.2, 0.25) is 0 Å². The van der Waals surface area contributed by atoms with Crippen LogP contribution < -0.4 is 5.32 Å². The summed E-state index contributed by atoms with van der Waals surface area (Å²) in [7, 11) is 2.92. The third-order valence-corrected chi connectivity index (χ3v) is 1.57. The van der Waals surface area contributed by atoms with Crippen molar-refractivity contribution < 1.29 is 14.3 Å². The molecule has 6 nitrogen and oxygen atoms in total. The Hall–Kier alpha value is -1.85. The Labute approximate surface area is 80.8 Å². The number of esters is 1. The van der Waals surface area contributed by atoms with E-state index in [0.29, 0.717) is 5.69 Å². The number of aryl methyl sites for hydroxylation is 1. The monoisotopic (exact) mass is 197 g/mol. The van der Waals surface area contributed by atoms with Crippen molar-refractivity contribution in [3.63, 3.8) is 0 Å². The van der Waals surface area contributed by atoms with Gasteiger partial charge in [-0.3, -0.25) is 9.48 Å². The third kappa shape index (κ3) is 2.58. The second-order valence-corrected chi connectivity index (χ2v) is 2.66. The number of amides is 1. The van der Waals surface area contributed by atoms with Gasteiger partial charge in [-0.25, -0.2) is 4.79 Å². The predicted molar refractivity (Wildman–Crippen MR) is 47.1 cm³/mol. The van der Waals surface area contributed by atoms with E-state index < -0.39 is 11.9 Å². The Kier molecular flexibility index (Phi) is 3.22. The Morgan fingerprint density at radius 2 is 2.36 bits per heavy atom. The number of carbonyl (C=O) groups excluding carboxylic acids is 2. The Morgan fingerprint density at radius 3 is 2.86 bits per heavy atom. The molecule has 0 saturated carbocycles. The lowest BCUT2D eigenvalue weighted by Crippen LogP contribution is -2.31. The summed E-state index contributed by atoms with van der Waals surface area (Å²) >= 11 is 0. The minimum atomic E-state index is -0.902. The van der Waals surface area contributed by atoms with Gasteiger partial charge in [0.25, 0.3) is 0 Å². The molecule has 1 aromatic rings. The first-order valence-corrected chi connectivity index (χ1v) is 3.98. The fourth-order valence-corrected chi connectivity index (χ4v) is 0.893. The number of aromatic nitrogens is 2. The number of nitrogens with one attached hydrogen (secondary N) is 1. The minimum Gasteiger partial charge on any atom is -0.462 e. The van der Waals surface area contributed by atoms with Crippen LogP contribution in [0, 0.1) is 0 Å². The number of hydrogen-bond acceptors (Lipinski definition) is 4. The lowest BCUT2D eigenvalue weighted by Gasteiger charge is -2.00. The van der Waals surface area contributed by atoms with Crippen molar-refractivity contribution in [3.05, 3.63) is 18.0 Å². The average molecular weight is 197 g/mol. The maximum Gasteiger partial charge on any atom is 0.396 e. The van der Waals surface area contributed by atoms with E-state index in [9.17, 15) is 9.59 Å². The number of ether oxygens (including phenoxy) is 1. The summed E-state index contributed by atoms with van der Waals surface area (Å²) in [5.41, 5.74) is 0.685. The van der Waals surface area contributed by atoms with Gasteiger partial charge in [0.15, 0.2) is 0 Å². The van der Waals surface area contributed by atoms with Gasteiger partial charge in [-0.15, -0.1) is 0 Å². The van der Waals surface area contributed by atoms with E-state index in [1.54, 1.807) is 24.0 Å². The molecule has 14 heavy (non-hydrogen) atoms. The van der Waals surface area contributed by atoms with E-state index in [1.807, 2.05) is 0 Å². The van der Waals surface area contributed by atoms with Crippen LogP contribution in [0.1, 0.15) is 5.69 Å². The van der Waals surface area contributed by atoms with Gasteiger partial charge in [-0.1, -0.05) is 0 Å². The molecule has 6 heteroatoms. The first-order chi connectivity index (χ1) is 6.63. The van der Waals surface area contributed by atoms with Crippen LogP contribution in [0.4, 0.5) is 0 Å². The van der Waals surface area contributed by atoms with Crippen molar-refractivity contribution >= 4 is 11.9 Å². The van der Waals surface area contributed by atoms with Gasteiger partial charge >= 0.3 is 11.9 Å². The lowest BCUT2D eigenvalue weighted by atomic mass is 10.4. The van der Waals surface area contributed by atoms with E-state index >= 15 is 0 Å². The maximum atomic E-state index is 10.9. The van der Waals surface area contributed by atoms with E-state index in [1.165, 1.54) is 0 Å². The van der Waals surface area contributed by atoms with Crippen LogP contribution in [-0.2, 0) is 27.9 Å². The van der Waals surface area contributed by atoms with Gasteiger partial charge < -0.3 is 10.1 Å². The molecule has 1 heterocycles. The molecule has 76 valence electrons. The molecule has 1 aromatic heterocycles. The molecule has 0 atom stereocenters. The van der Waals surface area contributed by atoms with E-state index in [2.05, 4.69) is 15.2 Å². The number of rotatable bonds is 2. The van der Waals surface area contributed by atoms with Crippen molar-refractivity contribution in [2.45, 2.75) is 6.54 Å². The number of nitrogens with zero attached hydrogens (tertiary/aromatic N) is 2. The Bertz CT molecular complexity index is 345. The zero-order valence-electron chi connectivity index (χ0n) is 7.98. The van der Waals surface area contributed by atoms with Gasteiger partial charge in [0.1, 0.15) is 0 Å². The molecular weight excluding hydrogens is 186 g/mol. The fraction of sp³-hybridized carbons (Fsp3) is 0.375. The van der Waals surface area contributed by atoms with Crippen LogP contribution in [0.25, 0.3) is 0 Å². The van der Waals surface area contributed by atoms with Crippen molar-refractivity contribution in [2.24, 2.45) is 7.05 Å². The summed E-state index contributed by atoms with van der Waals surface area (Å²) in [6.45, 7) is 0.217. The SMILES string of the molecule is COC(=O)C(=O)NCc1ccn(C)n1. The summed E-state index contributed by atoms with van der Waals surface area (Å²) in [4.78, 5) is 21.6. The molecule has 0 radical (unpaired) electrons. The Balaban J connectivity index is 2.41. The number of methoxy groups -OCH3 is 1. The lowest BCUT2D eigenvalue weighted by molar-refractivity contribution is -0.152. The highest BCUT2D eigenvalue weighted by Gasteiger charge is 2.12. The predicted octanol–water partition coefficient (Wildman–Crippen LogP) is -0.791. The highest BCUT2D eigenvalue weighted by atomic mass is 16.5. The van der Waals surface area contributed by atoms with Crippen molar-refractivity contribution in [1.29, 1.82) is 0 Å². The first kappa shape index (κ1) is 10.2. The van der Waals surface area contributed by atoms with Crippen LogP contribution in [0.5, 0.6) is 0 Å². The highest BCUT2D eigenvalue weighted by molar-refractivity contribution is 6.32. The molecule has 0 saturated heterocycles. The third-order valence-electron chi connectivity index (χ3n) is 1.57. The van der Waals surface area contributed by atoms with Crippen LogP contribution in [0.2, 0.25) is 0 Å².